The van der Waals surface area contributed by atoms with Crippen molar-refractivity contribution in [2.45, 2.75) is 26.0 Å². The number of halogens is 1. The molecule has 19 heavy (non-hydrogen) atoms. The highest BCUT2D eigenvalue weighted by molar-refractivity contribution is 9.10. The van der Waals surface area contributed by atoms with E-state index in [2.05, 4.69) is 37.7 Å². The van der Waals surface area contributed by atoms with Crippen LogP contribution in [0, 0.1) is 6.92 Å². The van der Waals surface area contributed by atoms with Crippen LogP contribution in [-0.4, -0.2) is 17.6 Å². The molecular weight excluding hydrogens is 324 g/mol. The zero-order valence-electron chi connectivity index (χ0n) is 10.6. The van der Waals surface area contributed by atoms with E-state index in [9.17, 15) is 0 Å². The molecule has 0 spiro atoms. The predicted molar refractivity (Wildman–Crippen MR) is 80.8 cm³/mol. The Balaban J connectivity index is 1.51. The van der Waals surface area contributed by atoms with Crippen LogP contribution in [0.25, 0.3) is 0 Å². The van der Waals surface area contributed by atoms with E-state index in [1.54, 1.807) is 11.3 Å². The van der Waals surface area contributed by atoms with Crippen LogP contribution in [0.2, 0.25) is 0 Å². The summed E-state index contributed by atoms with van der Waals surface area (Å²) in [7, 11) is 0. The first-order valence-electron chi connectivity index (χ1n) is 6.27. The molecule has 1 atom stereocenters. The van der Waals surface area contributed by atoms with Crippen molar-refractivity contribution in [3.05, 3.63) is 44.3 Å². The molecule has 1 aromatic heterocycles. The SMILES string of the molecule is Cc1csc(CNCC2Cc3cc(Br)ccc3O2)n1. The summed E-state index contributed by atoms with van der Waals surface area (Å²) in [6, 6.07) is 6.19. The maximum absolute atomic E-state index is 5.90. The van der Waals surface area contributed by atoms with Gasteiger partial charge in [-0.05, 0) is 30.7 Å². The third kappa shape index (κ3) is 3.16. The molecule has 3 rings (SSSR count). The zero-order valence-corrected chi connectivity index (χ0v) is 13.1. The lowest BCUT2D eigenvalue weighted by Gasteiger charge is -2.10. The molecule has 2 heterocycles. The number of hydrogen-bond acceptors (Lipinski definition) is 4. The first-order valence-corrected chi connectivity index (χ1v) is 7.95. The third-order valence-electron chi connectivity index (χ3n) is 3.08. The van der Waals surface area contributed by atoms with Crippen LogP contribution in [0.4, 0.5) is 0 Å². The van der Waals surface area contributed by atoms with Crippen molar-refractivity contribution < 1.29 is 4.74 Å². The van der Waals surface area contributed by atoms with Crippen LogP contribution in [0.5, 0.6) is 5.75 Å². The van der Waals surface area contributed by atoms with Gasteiger partial charge < -0.3 is 10.1 Å². The highest BCUT2D eigenvalue weighted by Gasteiger charge is 2.22. The molecule has 0 fully saturated rings. The number of thiazole rings is 1. The summed E-state index contributed by atoms with van der Waals surface area (Å²) in [6.07, 6.45) is 1.20. The lowest BCUT2D eigenvalue weighted by Crippen LogP contribution is -2.29. The van der Waals surface area contributed by atoms with Gasteiger partial charge in [0.25, 0.3) is 0 Å². The molecule has 0 bridgehead atoms. The van der Waals surface area contributed by atoms with Crippen molar-refractivity contribution in [1.29, 1.82) is 0 Å². The molecule has 1 aliphatic rings. The normalized spacial score (nSPS) is 17.3. The van der Waals surface area contributed by atoms with Crippen LogP contribution < -0.4 is 10.1 Å². The van der Waals surface area contributed by atoms with Gasteiger partial charge in [-0.3, -0.25) is 0 Å². The molecule has 1 unspecified atom stereocenters. The Labute approximate surface area is 125 Å². The Morgan fingerprint density at radius 3 is 3.21 bits per heavy atom. The first-order chi connectivity index (χ1) is 9.20. The fourth-order valence-corrected chi connectivity index (χ4v) is 3.38. The van der Waals surface area contributed by atoms with E-state index in [-0.39, 0.29) is 6.10 Å². The van der Waals surface area contributed by atoms with E-state index in [1.165, 1.54) is 5.56 Å². The fourth-order valence-electron chi connectivity index (χ4n) is 2.23. The highest BCUT2D eigenvalue weighted by Crippen LogP contribution is 2.30. The number of fused-ring (bicyclic) bond motifs is 1. The summed E-state index contributed by atoms with van der Waals surface area (Å²) in [5.41, 5.74) is 2.38. The molecule has 2 aromatic rings. The average Bonchev–Trinajstić information content (AvgIpc) is 2.95. The topological polar surface area (TPSA) is 34.1 Å². The van der Waals surface area contributed by atoms with E-state index in [0.29, 0.717) is 0 Å². The number of benzene rings is 1. The van der Waals surface area contributed by atoms with Gasteiger partial charge in [-0.2, -0.15) is 0 Å². The van der Waals surface area contributed by atoms with Gasteiger partial charge in [0.2, 0.25) is 0 Å². The van der Waals surface area contributed by atoms with Gasteiger partial charge in [0, 0.05) is 35.1 Å². The number of hydrogen-bond donors (Lipinski definition) is 1. The number of nitrogens with one attached hydrogen (secondary N) is 1. The van der Waals surface area contributed by atoms with Crippen molar-refractivity contribution in [2.24, 2.45) is 0 Å². The van der Waals surface area contributed by atoms with Crippen molar-refractivity contribution in [3.8, 4) is 5.75 Å². The van der Waals surface area contributed by atoms with Crippen LogP contribution in [0.15, 0.2) is 28.1 Å². The summed E-state index contributed by atoms with van der Waals surface area (Å²) in [5, 5.41) is 6.63. The van der Waals surface area contributed by atoms with Gasteiger partial charge in [-0.1, -0.05) is 15.9 Å². The Bertz CT molecular complexity index is 585. The Morgan fingerprint density at radius 2 is 2.42 bits per heavy atom. The van der Waals surface area contributed by atoms with Crippen LogP contribution in [0.3, 0.4) is 0 Å². The molecule has 0 saturated heterocycles. The van der Waals surface area contributed by atoms with E-state index >= 15 is 0 Å². The Kier molecular flexibility index (Phi) is 3.86. The van der Waals surface area contributed by atoms with E-state index in [1.807, 2.05) is 19.1 Å². The van der Waals surface area contributed by atoms with E-state index in [0.717, 1.165) is 40.4 Å². The molecule has 0 amide bonds. The summed E-state index contributed by atoms with van der Waals surface area (Å²) < 4.78 is 7.02. The van der Waals surface area contributed by atoms with Gasteiger partial charge >= 0.3 is 0 Å². The van der Waals surface area contributed by atoms with E-state index < -0.39 is 0 Å². The lowest BCUT2D eigenvalue weighted by atomic mass is 10.1. The molecule has 100 valence electrons. The lowest BCUT2D eigenvalue weighted by molar-refractivity contribution is 0.227. The van der Waals surface area contributed by atoms with Crippen molar-refractivity contribution in [1.82, 2.24) is 10.3 Å². The predicted octanol–water partition coefficient (Wildman–Crippen LogP) is 3.31. The Hall–Kier alpha value is -0.910. The number of rotatable bonds is 4. The second kappa shape index (κ2) is 5.61. The minimum absolute atomic E-state index is 0.227. The first kappa shape index (κ1) is 13.1. The average molecular weight is 339 g/mol. The molecule has 5 heteroatoms. The van der Waals surface area contributed by atoms with Gasteiger partial charge in [0.1, 0.15) is 16.9 Å². The largest absolute Gasteiger partial charge is 0.488 e. The minimum Gasteiger partial charge on any atom is -0.488 e. The quantitative estimate of drug-likeness (QED) is 0.928. The summed E-state index contributed by atoms with van der Waals surface area (Å²) in [4.78, 5) is 4.43. The standard InChI is InChI=1S/C14H15BrN2OS/c1-9-8-19-14(17-9)7-16-6-12-5-10-4-11(15)2-3-13(10)18-12/h2-4,8,12,16H,5-7H2,1H3. The van der Waals surface area contributed by atoms with Gasteiger partial charge in [-0.15, -0.1) is 11.3 Å². The molecule has 0 saturated carbocycles. The number of aromatic nitrogens is 1. The fraction of sp³-hybridized carbons (Fsp3) is 0.357. The van der Waals surface area contributed by atoms with Crippen molar-refractivity contribution >= 4 is 27.3 Å². The van der Waals surface area contributed by atoms with Crippen LogP contribution in [-0.2, 0) is 13.0 Å². The van der Waals surface area contributed by atoms with Gasteiger partial charge in [0.15, 0.2) is 0 Å². The van der Waals surface area contributed by atoms with E-state index in [4.69, 9.17) is 4.74 Å². The molecule has 1 N–H and O–H groups in total. The number of ether oxygens (including phenoxy) is 1. The molecular formula is C14H15BrN2OS. The molecule has 3 nitrogen and oxygen atoms in total. The molecule has 1 aromatic carbocycles. The van der Waals surface area contributed by atoms with Crippen molar-refractivity contribution in [3.63, 3.8) is 0 Å². The molecule has 0 radical (unpaired) electrons. The molecule has 1 aliphatic heterocycles. The number of aryl methyl sites for hydroxylation is 1. The maximum Gasteiger partial charge on any atom is 0.123 e. The van der Waals surface area contributed by atoms with Crippen molar-refractivity contribution in [2.75, 3.05) is 6.54 Å². The molecule has 0 aliphatic carbocycles. The summed E-state index contributed by atoms with van der Waals surface area (Å²) >= 11 is 5.19. The second-order valence-electron chi connectivity index (χ2n) is 4.71. The van der Waals surface area contributed by atoms with Gasteiger partial charge in [0.05, 0.1) is 0 Å². The highest BCUT2D eigenvalue weighted by atomic mass is 79.9. The summed E-state index contributed by atoms with van der Waals surface area (Å²) in [5.74, 6) is 1.01. The number of nitrogens with zero attached hydrogens (tertiary/aromatic N) is 1. The summed E-state index contributed by atoms with van der Waals surface area (Å²) in [6.45, 7) is 3.69. The van der Waals surface area contributed by atoms with Crippen LogP contribution in [0.1, 0.15) is 16.3 Å². The smallest absolute Gasteiger partial charge is 0.123 e. The van der Waals surface area contributed by atoms with Crippen LogP contribution >= 0.6 is 27.3 Å². The third-order valence-corrected chi connectivity index (χ3v) is 4.54. The minimum atomic E-state index is 0.227. The Morgan fingerprint density at radius 1 is 1.53 bits per heavy atom. The zero-order chi connectivity index (χ0) is 13.2. The second-order valence-corrected chi connectivity index (χ2v) is 6.57. The van der Waals surface area contributed by atoms with Gasteiger partial charge in [-0.25, -0.2) is 4.98 Å². The maximum atomic E-state index is 5.90. The monoisotopic (exact) mass is 338 g/mol.